The summed E-state index contributed by atoms with van der Waals surface area (Å²) in [5, 5.41) is 14.5. The second-order valence-corrected chi connectivity index (χ2v) is 10.8. The van der Waals surface area contributed by atoms with Gasteiger partial charge in [-0.2, -0.15) is 0 Å². The zero-order valence-electron chi connectivity index (χ0n) is 21.8. The first kappa shape index (κ1) is 26.1. The Kier molecular flexibility index (Phi) is 6.59. The lowest BCUT2D eigenvalue weighted by Gasteiger charge is -2.20. The van der Waals surface area contributed by atoms with Crippen molar-refractivity contribution in [2.45, 2.75) is 25.3 Å². The van der Waals surface area contributed by atoms with Crippen LogP contribution in [-0.2, 0) is 11.8 Å². The maximum atomic E-state index is 15.1. The van der Waals surface area contributed by atoms with Gasteiger partial charge in [0.15, 0.2) is 0 Å². The fourth-order valence-corrected chi connectivity index (χ4v) is 5.29. The van der Waals surface area contributed by atoms with Crippen LogP contribution in [0.5, 0.6) is 5.75 Å². The molecule has 1 saturated heterocycles. The molecular formula is C29H28ClFN6O3. The Hall–Kier alpha value is -4.15. The number of nitrogens with two attached hydrogens (primary N) is 1. The minimum absolute atomic E-state index is 0.00333. The van der Waals surface area contributed by atoms with E-state index in [4.69, 9.17) is 17.3 Å². The molecule has 11 heteroatoms. The number of imidazole rings is 1. The highest BCUT2D eigenvalue weighted by Crippen LogP contribution is 2.42. The third-order valence-corrected chi connectivity index (χ3v) is 7.71. The van der Waals surface area contributed by atoms with Crippen molar-refractivity contribution in [3.63, 3.8) is 0 Å². The number of hydrogen-bond acceptors (Lipinski definition) is 6. The van der Waals surface area contributed by atoms with E-state index in [0.717, 1.165) is 19.3 Å². The third-order valence-electron chi connectivity index (χ3n) is 7.41. The fourth-order valence-electron chi connectivity index (χ4n) is 5.02. The summed E-state index contributed by atoms with van der Waals surface area (Å²) in [5.74, 6) is 0.0652. The molecule has 4 N–H and O–H groups in total. The standard InChI is InChI=1S/C29H28ClFN6O3/c1-35-8-9-37(29(35)40)24-5-4-17(10-23(24)30)21-13-19(31)14-22(27(21)38)18-11-25(34-28(39)16-2-3-16)33-26(12-18)36-7-6-20(32)15-36/h4-5,8-14,16,20,38H,2-3,6-7,15,32H2,1H3,(H,33,34,39)/t20-/m0/s1. The van der Waals surface area contributed by atoms with Gasteiger partial charge in [-0.1, -0.05) is 17.7 Å². The molecule has 0 unspecified atom stereocenters. The number of phenolic OH excluding ortho intramolecular Hbond substituents is 1. The third kappa shape index (κ3) is 4.96. The van der Waals surface area contributed by atoms with Crippen LogP contribution in [0.15, 0.2) is 59.7 Å². The lowest BCUT2D eigenvalue weighted by atomic mass is 9.97. The van der Waals surface area contributed by atoms with E-state index in [2.05, 4.69) is 10.3 Å². The van der Waals surface area contributed by atoms with E-state index in [1.807, 2.05) is 4.90 Å². The van der Waals surface area contributed by atoms with Crippen LogP contribution in [0.3, 0.4) is 0 Å². The van der Waals surface area contributed by atoms with Crippen molar-refractivity contribution in [1.29, 1.82) is 0 Å². The number of benzene rings is 2. The van der Waals surface area contributed by atoms with E-state index >= 15 is 4.39 Å². The molecule has 0 spiro atoms. The number of rotatable bonds is 6. The van der Waals surface area contributed by atoms with Gasteiger partial charge in [0.2, 0.25) is 5.91 Å². The lowest BCUT2D eigenvalue weighted by Crippen LogP contribution is -2.27. The van der Waals surface area contributed by atoms with Crippen molar-refractivity contribution in [1.82, 2.24) is 14.1 Å². The van der Waals surface area contributed by atoms with E-state index in [0.29, 0.717) is 41.5 Å². The second-order valence-electron chi connectivity index (χ2n) is 10.4. The molecule has 1 aliphatic heterocycles. The maximum absolute atomic E-state index is 15.1. The number of aryl methyl sites for hydroxylation is 1. The number of anilines is 2. The molecule has 2 aromatic carbocycles. The van der Waals surface area contributed by atoms with Gasteiger partial charge in [0.05, 0.1) is 10.7 Å². The molecule has 3 heterocycles. The first-order valence-corrected chi connectivity index (χ1v) is 13.5. The minimum Gasteiger partial charge on any atom is -0.507 e. The Labute approximate surface area is 234 Å². The van der Waals surface area contributed by atoms with E-state index in [-0.39, 0.29) is 45.5 Å². The minimum atomic E-state index is -0.563. The number of carbonyl (C=O) groups is 1. The molecular weight excluding hydrogens is 535 g/mol. The Morgan fingerprint density at radius 3 is 2.48 bits per heavy atom. The predicted molar refractivity (Wildman–Crippen MR) is 152 cm³/mol. The van der Waals surface area contributed by atoms with Gasteiger partial charge in [0.1, 0.15) is 23.2 Å². The van der Waals surface area contributed by atoms with Crippen LogP contribution in [0.4, 0.5) is 16.0 Å². The fraction of sp³-hybridized carbons (Fsp3) is 0.276. The van der Waals surface area contributed by atoms with Gasteiger partial charge in [-0.15, -0.1) is 0 Å². The SMILES string of the molecule is Cn1ccn(-c2ccc(-c3cc(F)cc(-c4cc(NC(=O)C5CC5)nc(N5CC[C@H](N)C5)c4)c3O)cc2Cl)c1=O. The number of nitrogens with zero attached hydrogens (tertiary/aromatic N) is 4. The first-order valence-electron chi connectivity index (χ1n) is 13.1. The highest BCUT2D eigenvalue weighted by Gasteiger charge is 2.30. The Bertz CT molecular complexity index is 1700. The number of phenols is 1. The van der Waals surface area contributed by atoms with E-state index < -0.39 is 5.82 Å². The highest BCUT2D eigenvalue weighted by molar-refractivity contribution is 6.32. The number of carbonyl (C=O) groups excluding carboxylic acids is 1. The summed E-state index contributed by atoms with van der Waals surface area (Å²) >= 11 is 6.54. The maximum Gasteiger partial charge on any atom is 0.332 e. The van der Waals surface area contributed by atoms with E-state index in [9.17, 15) is 14.7 Å². The van der Waals surface area contributed by atoms with Crippen LogP contribution in [0.1, 0.15) is 19.3 Å². The summed E-state index contributed by atoms with van der Waals surface area (Å²) in [7, 11) is 1.64. The van der Waals surface area contributed by atoms with Gasteiger partial charge >= 0.3 is 5.69 Å². The Balaban J connectivity index is 1.42. The van der Waals surface area contributed by atoms with Crippen LogP contribution >= 0.6 is 11.6 Å². The molecule has 1 amide bonds. The molecule has 1 atom stereocenters. The summed E-state index contributed by atoms with van der Waals surface area (Å²) < 4.78 is 17.9. The number of nitrogens with one attached hydrogen (secondary N) is 1. The summed E-state index contributed by atoms with van der Waals surface area (Å²) in [6.45, 7) is 1.30. The van der Waals surface area contributed by atoms with Crippen LogP contribution in [0, 0.1) is 11.7 Å². The molecule has 0 bridgehead atoms. The largest absolute Gasteiger partial charge is 0.507 e. The molecule has 2 aromatic heterocycles. The van der Waals surface area contributed by atoms with Gasteiger partial charge in [0.25, 0.3) is 0 Å². The molecule has 1 aliphatic carbocycles. The average Bonchev–Trinajstić information content (AvgIpc) is 3.62. The molecule has 1 saturated carbocycles. The molecule has 40 heavy (non-hydrogen) atoms. The normalized spacial score (nSPS) is 16.9. The molecule has 0 radical (unpaired) electrons. The van der Waals surface area contributed by atoms with E-state index in [1.165, 1.54) is 21.3 Å². The molecule has 206 valence electrons. The van der Waals surface area contributed by atoms with Crippen molar-refractivity contribution in [2.75, 3.05) is 23.3 Å². The van der Waals surface area contributed by atoms with Gasteiger partial charge in [-0.3, -0.25) is 9.36 Å². The summed E-state index contributed by atoms with van der Waals surface area (Å²) in [6, 6.07) is 10.8. The van der Waals surface area contributed by atoms with E-state index in [1.54, 1.807) is 49.8 Å². The van der Waals surface area contributed by atoms with Crippen molar-refractivity contribution >= 4 is 29.1 Å². The second kappa shape index (κ2) is 10.1. The summed E-state index contributed by atoms with van der Waals surface area (Å²) in [6.07, 6.45) is 5.71. The van der Waals surface area contributed by atoms with Gasteiger partial charge in [0, 0.05) is 55.6 Å². The highest BCUT2D eigenvalue weighted by atomic mass is 35.5. The molecule has 2 fully saturated rings. The molecule has 6 rings (SSSR count). The Morgan fingerprint density at radius 2 is 1.85 bits per heavy atom. The van der Waals surface area contributed by atoms with Crippen LogP contribution < -0.4 is 21.6 Å². The van der Waals surface area contributed by atoms with Gasteiger partial charge in [-0.25, -0.2) is 14.2 Å². The van der Waals surface area contributed by atoms with Crippen LogP contribution in [0.25, 0.3) is 27.9 Å². The van der Waals surface area contributed by atoms with Crippen molar-refractivity contribution in [3.05, 3.63) is 76.2 Å². The zero-order valence-corrected chi connectivity index (χ0v) is 22.5. The zero-order chi connectivity index (χ0) is 28.1. The molecule has 4 aromatic rings. The van der Waals surface area contributed by atoms with Crippen LogP contribution in [0.2, 0.25) is 5.02 Å². The number of hydrogen-bond donors (Lipinski definition) is 3. The lowest BCUT2D eigenvalue weighted by molar-refractivity contribution is -0.117. The molecule has 9 nitrogen and oxygen atoms in total. The van der Waals surface area contributed by atoms with Crippen LogP contribution in [-0.4, -0.2) is 44.3 Å². The summed E-state index contributed by atoms with van der Waals surface area (Å²) in [4.78, 5) is 31.6. The number of amides is 1. The predicted octanol–water partition coefficient (Wildman–Crippen LogP) is 4.29. The smallest absolute Gasteiger partial charge is 0.332 e. The van der Waals surface area contributed by atoms with Gasteiger partial charge in [-0.05, 0) is 66.8 Å². The van der Waals surface area contributed by atoms with Gasteiger partial charge < -0.3 is 25.6 Å². The van der Waals surface area contributed by atoms with Crippen molar-refractivity contribution < 1.29 is 14.3 Å². The summed E-state index contributed by atoms with van der Waals surface area (Å²) in [5.41, 5.74) is 7.75. The monoisotopic (exact) mass is 562 g/mol. The number of pyridine rings is 1. The molecule has 2 aliphatic rings. The number of halogens is 2. The van der Waals surface area contributed by atoms with Crippen molar-refractivity contribution in [3.8, 4) is 33.7 Å². The Morgan fingerprint density at radius 1 is 1.10 bits per heavy atom. The van der Waals surface area contributed by atoms with Crippen molar-refractivity contribution in [2.24, 2.45) is 18.7 Å². The topological polar surface area (TPSA) is 118 Å². The average molecular weight is 563 g/mol. The quantitative estimate of drug-likeness (QED) is 0.323. The number of aromatic nitrogens is 3. The first-order chi connectivity index (χ1) is 19.2. The number of aromatic hydroxyl groups is 1.